The van der Waals surface area contributed by atoms with Crippen molar-refractivity contribution >= 4 is 123 Å². The van der Waals surface area contributed by atoms with E-state index in [0.29, 0.717) is 185 Å². The number of aliphatic carboxylic acids is 2. The Morgan fingerprint density at radius 3 is 1.81 bits per heavy atom. The first-order chi connectivity index (χ1) is 56.9. The summed E-state index contributed by atoms with van der Waals surface area (Å²) in [6.07, 6.45) is 8.10. The number of aromatic nitrogens is 5. The lowest BCUT2D eigenvalue weighted by molar-refractivity contribution is -0.175. The number of fused-ring (bicyclic) bond motifs is 5. The molecule has 5 aromatic rings. The smallest absolute Gasteiger partial charge is 0.508 e. The molecule has 1 fully saturated rings. The Morgan fingerprint density at radius 1 is 0.686 bits per heavy atom. The first-order valence-corrected chi connectivity index (χ1v) is 40.1. The average Bonchev–Trinajstić information content (AvgIpc) is 1.51. The number of phenolic OH excluding ortho intramolecular Hbond substituents is 1. The van der Waals surface area contributed by atoms with Gasteiger partial charge in [0.2, 0.25) is 38.9 Å². The molecule has 648 valence electrons. The van der Waals surface area contributed by atoms with Gasteiger partial charge in [-0.3, -0.25) is 38.5 Å². The van der Waals surface area contributed by atoms with E-state index in [-0.39, 0.29) is 98.7 Å². The van der Waals surface area contributed by atoms with Crippen molar-refractivity contribution in [3.63, 3.8) is 0 Å². The number of carbonyl (C=O) groups is 10. The highest BCUT2D eigenvalue weighted by Gasteiger charge is 2.51. The lowest BCUT2D eigenvalue weighted by Gasteiger charge is -2.35. The fourth-order valence-electron chi connectivity index (χ4n) is 12.6. The van der Waals surface area contributed by atoms with Gasteiger partial charge in [0.15, 0.2) is 0 Å². The molecule has 0 bridgehead atoms. The van der Waals surface area contributed by atoms with Gasteiger partial charge in [-0.05, 0) is 118 Å². The number of carbonyl (C=O) groups excluding carboxylic acids is 8. The summed E-state index contributed by atoms with van der Waals surface area (Å²) in [5.41, 5.74) is 8.52. The second-order valence-corrected chi connectivity index (χ2v) is 29.0. The number of cyclic esters (lactones) is 1. The number of imide groups is 1. The van der Waals surface area contributed by atoms with E-state index in [2.05, 4.69) is 31.6 Å². The van der Waals surface area contributed by atoms with E-state index in [9.17, 15) is 57.8 Å². The summed E-state index contributed by atoms with van der Waals surface area (Å²) in [7, 11) is 0. The molecule has 118 heavy (non-hydrogen) atoms. The number of aromatic hydroxyl groups is 1. The van der Waals surface area contributed by atoms with Crippen molar-refractivity contribution in [2.75, 3.05) is 144 Å². The standard InChI is InChI=1S/C73H97N11O22.2C2H2Cl2O2/c1-3-55-56-39-54(85)16-17-60(56)79-67-57(55)44-83-62(67)40-59-58(70(83)92)46-104-71(93)73(59,4-2)106-72(94)105-45-50-10-14-52(15-11-50)77-69(91)61(7-5-6-20-74)78-64(87)48-103-47-63(86)75-21-23-95-25-27-97-29-31-99-33-35-101-37-38-102-36-34-100-32-30-98-28-26-96-24-22-82-43-53(80-81-82)41-76-68(90)51-12-8-49(9-13-51)42-84-65(88)18-19-66(84)89;2*3-1(4)2(5)6/h10-11,14-19,39-40,43,49,51,61,85H,3-9,12-13,20-38,41-42,44-48,74H2,1-2H3,(H,75,86)(H,76,90)(H,77,91)(H,78,87);2*1H,(H,5,6). The van der Waals surface area contributed by atoms with Crippen LogP contribution in [-0.4, -0.2) is 259 Å². The number of ether oxygens (including phenoxy) is 12. The fourth-order valence-corrected chi connectivity index (χ4v) is 12.6. The lowest BCUT2D eigenvalue weighted by Crippen LogP contribution is -2.47. The Morgan fingerprint density at radius 2 is 1.25 bits per heavy atom. The number of carboxylic acids is 2. The van der Waals surface area contributed by atoms with Gasteiger partial charge in [-0.2, -0.15) is 0 Å². The van der Waals surface area contributed by atoms with Crippen LogP contribution in [0.4, 0.5) is 10.5 Å². The van der Waals surface area contributed by atoms with Gasteiger partial charge >= 0.3 is 24.1 Å². The molecule has 0 saturated heterocycles. The third-order valence-electron chi connectivity index (χ3n) is 18.6. The summed E-state index contributed by atoms with van der Waals surface area (Å²) >= 11 is 19.1. The molecule has 3 aromatic heterocycles. The molecular weight excluding hydrogens is 1640 g/mol. The number of halogens is 4. The van der Waals surface area contributed by atoms with Gasteiger partial charge in [0, 0.05) is 53.4 Å². The van der Waals surface area contributed by atoms with Gasteiger partial charge in [0.05, 0.1) is 154 Å². The van der Waals surface area contributed by atoms with Crippen LogP contribution in [0, 0.1) is 11.8 Å². The van der Waals surface area contributed by atoms with Crippen LogP contribution in [0.15, 0.2) is 71.7 Å². The molecule has 37 nitrogen and oxygen atoms in total. The molecule has 0 spiro atoms. The van der Waals surface area contributed by atoms with Gasteiger partial charge < -0.3 is 104 Å². The zero-order valence-corrected chi connectivity index (χ0v) is 68.5. The summed E-state index contributed by atoms with van der Waals surface area (Å²) in [6.45, 7) is 10.2. The number of rotatable bonds is 50. The number of alkyl halides is 4. The van der Waals surface area contributed by atoms with Crippen molar-refractivity contribution in [3.8, 4) is 17.1 Å². The van der Waals surface area contributed by atoms with Crippen molar-refractivity contribution in [2.45, 2.75) is 126 Å². The van der Waals surface area contributed by atoms with Crippen LogP contribution in [0.25, 0.3) is 22.3 Å². The first-order valence-electron chi connectivity index (χ1n) is 38.4. The van der Waals surface area contributed by atoms with Gasteiger partial charge in [0.1, 0.15) is 43.9 Å². The Balaban J connectivity index is 0.00000149. The van der Waals surface area contributed by atoms with Crippen LogP contribution in [0.2, 0.25) is 0 Å². The lowest BCUT2D eigenvalue weighted by atomic mass is 9.81. The van der Waals surface area contributed by atoms with Gasteiger partial charge in [-0.1, -0.05) is 77.6 Å². The maximum absolute atomic E-state index is 14.1. The molecule has 3 aliphatic heterocycles. The van der Waals surface area contributed by atoms with E-state index in [1.807, 2.05) is 6.92 Å². The van der Waals surface area contributed by atoms with Crippen LogP contribution in [-0.2, 0) is 145 Å². The molecule has 6 heterocycles. The van der Waals surface area contributed by atoms with Crippen LogP contribution in [0.5, 0.6) is 5.75 Å². The number of phenols is 1. The number of hydrogen-bond acceptors (Lipinski definition) is 28. The number of aryl methyl sites for hydroxylation is 1. The number of unbranched alkanes of at least 4 members (excludes halogenated alkanes) is 1. The Bertz CT molecular complexity index is 4190. The van der Waals surface area contributed by atoms with E-state index >= 15 is 0 Å². The van der Waals surface area contributed by atoms with E-state index in [0.717, 1.165) is 29.4 Å². The SMILES string of the molecule is CCc1c2c(nc3ccc(O)cc13)-c1cc3c(c(=O)n1C2)COC(=O)C3(CC)OC(=O)OCc1ccc(NC(=O)C(CCCCN)NC(=O)COCC(=O)NCCOCCOCCOCCOCCOCCOCCOCCOCCn2cc(CNC(=O)C3CCC(CN4C(=O)C=CC4=O)CC3)nn2)cc1.O=C(O)C(Cl)Cl.O=C(O)C(Cl)Cl. The van der Waals surface area contributed by atoms with Crippen LogP contribution >= 0.6 is 46.4 Å². The monoisotopic (exact) mass is 1740 g/mol. The Hall–Kier alpha value is -9.06. The van der Waals surface area contributed by atoms with Crippen molar-refractivity contribution in [1.29, 1.82) is 0 Å². The number of esters is 1. The van der Waals surface area contributed by atoms with Crippen LogP contribution in [0.3, 0.4) is 0 Å². The Labute approximate surface area is 699 Å². The third-order valence-corrected chi connectivity index (χ3v) is 19.4. The van der Waals surface area contributed by atoms with E-state index < -0.39 is 81.9 Å². The molecule has 41 heteroatoms. The number of anilines is 1. The fraction of sp³-hybridized carbons (Fsp3) is 0.558. The average molecular weight is 1740 g/mol. The molecule has 1 aliphatic carbocycles. The van der Waals surface area contributed by atoms with E-state index in [4.69, 9.17) is 124 Å². The summed E-state index contributed by atoms with van der Waals surface area (Å²) in [4.78, 5) is 139. The predicted octanol–water partition coefficient (Wildman–Crippen LogP) is 4.92. The normalized spacial score (nSPS) is 16.1. The number of nitrogens with one attached hydrogen (secondary N) is 4. The third kappa shape index (κ3) is 31.3. The molecule has 0 radical (unpaired) electrons. The van der Waals surface area contributed by atoms with Crippen molar-refractivity contribution in [1.82, 2.24) is 45.4 Å². The second-order valence-electron chi connectivity index (χ2n) is 26.8. The minimum absolute atomic E-state index is 0.0281. The molecular formula is C77H101Cl4N11O26. The molecule has 6 amide bonds. The highest BCUT2D eigenvalue weighted by atomic mass is 35.5. The topological polar surface area (TPSA) is 485 Å². The van der Waals surface area contributed by atoms with Crippen molar-refractivity contribution < 1.29 is 120 Å². The Kier molecular flexibility index (Phi) is 41.9. The van der Waals surface area contributed by atoms with Crippen LogP contribution in [0.1, 0.15) is 98.7 Å². The summed E-state index contributed by atoms with van der Waals surface area (Å²) in [5, 5.41) is 45.8. The molecule has 9 N–H and O–H groups in total. The minimum Gasteiger partial charge on any atom is -0.508 e. The summed E-state index contributed by atoms with van der Waals surface area (Å²) in [6, 6.07) is 12.0. The van der Waals surface area contributed by atoms with Crippen molar-refractivity contribution in [2.24, 2.45) is 17.6 Å². The quantitative estimate of drug-likeness (QED) is 0.0109. The van der Waals surface area contributed by atoms with Gasteiger partial charge in [0.25, 0.3) is 17.4 Å². The number of carboxylic acid groups (broad SMARTS) is 2. The zero-order chi connectivity index (χ0) is 85.4. The highest BCUT2D eigenvalue weighted by molar-refractivity contribution is 6.53. The number of amides is 6. The molecule has 9 rings (SSSR count). The molecule has 2 aromatic carbocycles. The molecule has 4 aliphatic rings. The van der Waals surface area contributed by atoms with Gasteiger partial charge in [-0.25, -0.2) is 28.8 Å². The highest BCUT2D eigenvalue weighted by Crippen LogP contribution is 2.43. The number of pyridine rings is 2. The zero-order valence-electron chi connectivity index (χ0n) is 65.5. The summed E-state index contributed by atoms with van der Waals surface area (Å²) < 4.78 is 69.8. The van der Waals surface area contributed by atoms with E-state index in [1.165, 1.54) is 17.1 Å². The van der Waals surface area contributed by atoms with Gasteiger partial charge in [-0.15, -0.1) is 5.10 Å². The number of benzene rings is 2. The van der Waals surface area contributed by atoms with E-state index in [1.54, 1.807) is 70.9 Å². The first kappa shape index (κ1) is 96.1. The molecule has 1 saturated carbocycles. The number of nitrogens with two attached hydrogens (primary N) is 1. The maximum atomic E-state index is 14.1. The number of nitrogens with zero attached hydrogens (tertiary/aromatic N) is 6. The van der Waals surface area contributed by atoms with Crippen LogP contribution < -0.4 is 32.6 Å². The minimum atomic E-state index is -2.01. The maximum Gasteiger partial charge on any atom is 0.510 e. The second kappa shape index (κ2) is 51.4. The van der Waals surface area contributed by atoms with Crippen molar-refractivity contribution in [3.05, 3.63) is 111 Å². The molecule has 2 atom stereocenters. The largest absolute Gasteiger partial charge is 0.510 e. The number of hydrogen-bond donors (Lipinski definition) is 8. The predicted molar refractivity (Wildman–Crippen MR) is 424 cm³/mol. The summed E-state index contributed by atoms with van der Waals surface area (Å²) in [5.74, 6) is -5.25. The molecule has 2 unspecified atom stereocenters.